The smallest absolute Gasteiger partial charge is 0.406 e. The molecule has 0 aliphatic heterocycles. The van der Waals surface area contributed by atoms with Gasteiger partial charge in [-0.25, -0.2) is 4.98 Å². The number of fused-ring (bicyclic) bond motifs is 1. The van der Waals surface area contributed by atoms with Crippen molar-refractivity contribution in [2.45, 2.75) is 71.9 Å². The van der Waals surface area contributed by atoms with Crippen molar-refractivity contribution in [1.29, 1.82) is 0 Å². The summed E-state index contributed by atoms with van der Waals surface area (Å²) in [6.45, 7) is 10.3. The molecule has 2 aromatic carbocycles. The zero-order chi connectivity index (χ0) is 24.9. The highest BCUT2D eigenvalue weighted by Gasteiger charge is 2.35. The number of anilines is 2. The van der Waals surface area contributed by atoms with Crippen LogP contribution in [0.3, 0.4) is 0 Å². The number of aliphatic hydroxyl groups is 1. The van der Waals surface area contributed by atoms with E-state index in [0.29, 0.717) is 17.6 Å². The molecule has 4 rings (SSSR count). The maximum atomic E-state index is 12.5. The number of benzene rings is 2. The lowest BCUT2D eigenvalue weighted by atomic mass is 9.70. The summed E-state index contributed by atoms with van der Waals surface area (Å²) in [7, 11) is 0. The fourth-order valence-electron chi connectivity index (χ4n) is 5.30. The molecule has 0 amide bonds. The fourth-order valence-corrected chi connectivity index (χ4v) is 5.30. The first kappa shape index (κ1) is 24.4. The van der Waals surface area contributed by atoms with E-state index in [1.54, 1.807) is 26.0 Å². The van der Waals surface area contributed by atoms with Crippen molar-refractivity contribution < 1.29 is 23.0 Å². The van der Waals surface area contributed by atoms with Crippen LogP contribution in [-0.2, 0) is 5.60 Å². The van der Waals surface area contributed by atoms with Crippen LogP contribution in [-0.4, -0.2) is 21.0 Å². The molecule has 34 heavy (non-hydrogen) atoms. The van der Waals surface area contributed by atoms with Crippen molar-refractivity contribution in [3.63, 3.8) is 0 Å². The van der Waals surface area contributed by atoms with Gasteiger partial charge in [-0.05, 0) is 86.4 Å². The molecule has 0 bridgehead atoms. The Morgan fingerprint density at radius 3 is 2.35 bits per heavy atom. The van der Waals surface area contributed by atoms with Gasteiger partial charge < -0.3 is 19.7 Å². The van der Waals surface area contributed by atoms with Crippen LogP contribution < -0.4 is 10.1 Å². The zero-order valence-electron chi connectivity index (χ0n) is 20.2. The summed E-state index contributed by atoms with van der Waals surface area (Å²) < 4.78 is 43.7. The van der Waals surface area contributed by atoms with Gasteiger partial charge >= 0.3 is 6.36 Å². The second kappa shape index (κ2) is 8.48. The van der Waals surface area contributed by atoms with Crippen molar-refractivity contribution in [2.24, 2.45) is 11.3 Å². The van der Waals surface area contributed by atoms with E-state index in [1.165, 1.54) is 12.1 Å². The summed E-state index contributed by atoms with van der Waals surface area (Å²) >= 11 is 0. The van der Waals surface area contributed by atoms with E-state index in [0.717, 1.165) is 35.9 Å². The summed E-state index contributed by atoms with van der Waals surface area (Å²) in [6.07, 6.45) is -1.58. The number of hydrogen-bond donors (Lipinski definition) is 2. The maximum Gasteiger partial charge on any atom is 0.573 e. The van der Waals surface area contributed by atoms with E-state index in [1.807, 2.05) is 18.2 Å². The molecule has 1 aliphatic carbocycles. The first-order valence-electron chi connectivity index (χ1n) is 11.6. The topological polar surface area (TPSA) is 59.3 Å². The maximum absolute atomic E-state index is 12.5. The first-order valence-corrected chi connectivity index (χ1v) is 11.6. The normalized spacial score (nSPS) is 21.0. The molecule has 2 atom stereocenters. The van der Waals surface area contributed by atoms with Crippen molar-refractivity contribution in [3.05, 3.63) is 48.0 Å². The van der Waals surface area contributed by atoms with E-state index < -0.39 is 12.0 Å². The van der Waals surface area contributed by atoms with E-state index >= 15 is 0 Å². The molecule has 1 fully saturated rings. The first-order chi connectivity index (χ1) is 15.7. The zero-order valence-corrected chi connectivity index (χ0v) is 20.2. The Kier molecular flexibility index (Phi) is 6.09. The van der Waals surface area contributed by atoms with Crippen molar-refractivity contribution in [2.75, 3.05) is 5.32 Å². The van der Waals surface area contributed by atoms with Gasteiger partial charge in [0.2, 0.25) is 5.95 Å². The molecule has 0 spiro atoms. The lowest BCUT2D eigenvalue weighted by molar-refractivity contribution is -0.274. The molecular formula is C26H32F3N3O2. The lowest BCUT2D eigenvalue weighted by Gasteiger charge is -2.40. The predicted octanol–water partition coefficient (Wildman–Crippen LogP) is 7.29. The summed E-state index contributed by atoms with van der Waals surface area (Å²) in [5.41, 5.74) is 2.28. The third-order valence-corrected chi connectivity index (χ3v) is 6.47. The van der Waals surface area contributed by atoms with Gasteiger partial charge in [0.15, 0.2) is 0 Å². The number of hydrogen-bond acceptors (Lipinski definition) is 4. The number of nitrogens with zero attached hydrogens (tertiary/aromatic N) is 2. The van der Waals surface area contributed by atoms with Crippen LogP contribution in [0, 0.1) is 11.3 Å². The average Bonchev–Trinajstić information content (AvgIpc) is 3.03. The van der Waals surface area contributed by atoms with Crippen LogP contribution in [0.15, 0.2) is 42.5 Å². The fraction of sp³-hybridized carbons (Fsp3) is 0.500. The summed E-state index contributed by atoms with van der Waals surface area (Å²) in [4.78, 5) is 4.84. The molecule has 0 saturated heterocycles. The summed E-state index contributed by atoms with van der Waals surface area (Å²) in [5, 5.41) is 13.8. The number of halogens is 3. The van der Waals surface area contributed by atoms with E-state index in [2.05, 4.69) is 35.4 Å². The monoisotopic (exact) mass is 475 g/mol. The Morgan fingerprint density at radius 1 is 1.09 bits per heavy atom. The number of nitrogens with one attached hydrogen (secondary N) is 1. The highest BCUT2D eigenvalue weighted by Crippen LogP contribution is 2.46. The van der Waals surface area contributed by atoms with E-state index in [9.17, 15) is 18.3 Å². The van der Waals surface area contributed by atoms with Crippen LogP contribution in [0.2, 0.25) is 0 Å². The molecule has 1 aliphatic rings. The van der Waals surface area contributed by atoms with Gasteiger partial charge in [-0.15, -0.1) is 13.2 Å². The molecule has 1 saturated carbocycles. The predicted molar refractivity (Wildman–Crippen MR) is 127 cm³/mol. The van der Waals surface area contributed by atoms with Crippen molar-refractivity contribution in [3.8, 4) is 5.75 Å². The van der Waals surface area contributed by atoms with Gasteiger partial charge in [-0.3, -0.25) is 0 Å². The Labute approximate surface area is 198 Å². The van der Waals surface area contributed by atoms with Gasteiger partial charge in [0.25, 0.3) is 0 Å². The highest BCUT2D eigenvalue weighted by molar-refractivity contribution is 5.81. The quantitative estimate of drug-likeness (QED) is 0.407. The number of imidazole rings is 1. The summed E-state index contributed by atoms with van der Waals surface area (Å²) in [6, 6.07) is 11.7. The second-order valence-corrected chi connectivity index (χ2v) is 10.8. The second-order valence-electron chi connectivity index (χ2n) is 10.8. The minimum Gasteiger partial charge on any atom is -0.406 e. The van der Waals surface area contributed by atoms with Crippen LogP contribution in [0.5, 0.6) is 5.75 Å². The Bertz CT molecular complexity index is 1160. The molecular weight excluding hydrogens is 443 g/mol. The Balaban J connectivity index is 1.74. The largest absolute Gasteiger partial charge is 0.573 e. The minimum absolute atomic E-state index is 0.180. The third kappa shape index (κ3) is 5.49. The van der Waals surface area contributed by atoms with Gasteiger partial charge in [0.1, 0.15) is 5.75 Å². The SMILES string of the molecule is C[C@@H]1C[C@H](n2c(Nc3ccc(OC(F)(F)F)cc3)nc3cc(C(C)(C)O)ccc32)CC(C)(C)C1. The summed E-state index contributed by atoms with van der Waals surface area (Å²) in [5.74, 6) is 0.903. The molecule has 1 heterocycles. The van der Waals surface area contributed by atoms with Gasteiger partial charge in [0, 0.05) is 11.7 Å². The molecule has 2 N–H and O–H groups in total. The molecule has 184 valence electrons. The molecule has 3 aromatic rings. The highest BCUT2D eigenvalue weighted by atomic mass is 19.4. The van der Waals surface area contributed by atoms with E-state index in [4.69, 9.17) is 4.98 Å². The van der Waals surface area contributed by atoms with Crippen LogP contribution in [0.4, 0.5) is 24.8 Å². The van der Waals surface area contributed by atoms with Crippen LogP contribution in [0.1, 0.15) is 65.5 Å². The number of aromatic nitrogens is 2. The van der Waals surface area contributed by atoms with Gasteiger partial charge in [0.05, 0.1) is 16.6 Å². The van der Waals surface area contributed by atoms with Crippen molar-refractivity contribution >= 4 is 22.7 Å². The third-order valence-electron chi connectivity index (χ3n) is 6.47. The van der Waals surface area contributed by atoms with Crippen molar-refractivity contribution in [1.82, 2.24) is 9.55 Å². The Morgan fingerprint density at radius 2 is 1.76 bits per heavy atom. The average molecular weight is 476 g/mol. The van der Waals surface area contributed by atoms with Crippen LogP contribution in [0.25, 0.3) is 11.0 Å². The molecule has 0 radical (unpaired) electrons. The molecule has 1 aromatic heterocycles. The molecule has 0 unspecified atom stereocenters. The number of ether oxygens (including phenoxy) is 1. The molecule has 5 nitrogen and oxygen atoms in total. The van der Waals surface area contributed by atoms with Crippen LogP contribution >= 0.6 is 0 Å². The molecule has 8 heteroatoms. The lowest BCUT2D eigenvalue weighted by Crippen LogP contribution is -2.29. The van der Waals surface area contributed by atoms with Gasteiger partial charge in [-0.1, -0.05) is 26.8 Å². The standard InChI is InChI=1S/C26H32F3N3O2/c1-16-12-19(15-24(2,3)14-16)32-22-11-6-17(25(4,5)33)13-21(22)31-23(32)30-18-7-9-20(10-8-18)34-26(27,28)29/h6-11,13,16,19,33H,12,14-15H2,1-5H3,(H,30,31)/t16-,19+/m1/s1. The van der Waals surface area contributed by atoms with E-state index in [-0.39, 0.29) is 17.2 Å². The Hall–Kier alpha value is -2.74. The van der Waals surface area contributed by atoms with Gasteiger partial charge in [-0.2, -0.15) is 0 Å². The number of rotatable bonds is 5. The minimum atomic E-state index is -4.73. The number of alkyl halides is 3.